The first-order valence-corrected chi connectivity index (χ1v) is 4.62. The molecule has 0 unspecified atom stereocenters. The summed E-state index contributed by atoms with van der Waals surface area (Å²) in [4.78, 5) is 0. The third kappa shape index (κ3) is 22.9. The van der Waals surface area contributed by atoms with Crippen molar-refractivity contribution >= 4 is 0 Å². The van der Waals surface area contributed by atoms with Crippen molar-refractivity contribution in [2.45, 2.75) is 39.0 Å². The zero-order valence-electron chi connectivity index (χ0n) is 8.39. The van der Waals surface area contributed by atoms with Crippen molar-refractivity contribution in [3.63, 3.8) is 0 Å². The van der Waals surface area contributed by atoms with Crippen LogP contribution in [0, 0.1) is 0 Å². The minimum Gasteiger partial charge on any atom is -0.103 e. The summed E-state index contributed by atoms with van der Waals surface area (Å²) >= 11 is 0. The third-order valence-corrected chi connectivity index (χ3v) is 1.32. The fraction of sp³-hybridized carbons (Fsp3) is 0.500. The van der Waals surface area contributed by atoms with Crippen molar-refractivity contribution in [3.05, 3.63) is 38.0 Å². The molecule has 0 saturated heterocycles. The van der Waals surface area contributed by atoms with Crippen molar-refractivity contribution < 1.29 is 0 Å². The summed E-state index contributed by atoms with van der Waals surface area (Å²) in [5.74, 6) is 0. The highest BCUT2D eigenvalue weighted by molar-refractivity contribution is 4.68. The molecule has 0 radical (unpaired) electrons. The third-order valence-electron chi connectivity index (χ3n) is 1.32. The molecule has 0 spiro atoms. The second-order valence-corrected chi connectivity index (χ2v) is 2.62. The Morgan fingerprint density at radius 2 is 1.17 bits per heavy atom. The van der Waals surface area contributed by atoms with Crippen molar-refractivity contribution in [3.8, 4) is 0 Å². The van der Waals surface area contributed by atoms with E-state index < -0.39 is 0 Å². The first-order valence-electron chi connectivity index (χ1n) is 4.62. The Bertz CT molecular complexity index is 90.6. The van der Waals surface area contributed by atoms with Crippen LogP contribution in [0.3, 0.4) is 0 Å². The zero-order valence-corrected chi connectivity index (χ0v) is 8.39. The zero-order chi connectivity index (χ0) is 9.66. The number of hydrogen-bond donors (Lipinski definition) is 0. The predicted molar refractivity (Wildman–Crippen MR) is 59.4 cm³/mol. The molecule has 0 amide bonds. The summed E-state index contributed by atoms with van der Waals surface area (Å²) in [5, 5.41) is 0. The Kier molecular flexibility index (Phi) is 19.1. The molecule has 0 aliphatic heterocycles. The van der Waals surface area contributed by atoms with E-state index in [1.165, 1.54) is 19.3 Å². The standard InChI is InChI=1S/C9H16.C3H6/c1-3-5-7-9-8-6-4-2;1-3-2/h3-4H,1-2,5-9H2;3H,1H2,2H3. The SMILES string of the molecule is C=CC.C=CCCCCCC=C. The van der Waals surface area contributed by atoms with E-state index in [2.05, 4.69) is 19.7 Å². The second-order valence-electron chi connectivity index (χ2n) is 2.62. The van der Waals surface area contributed by atoms with E-state index in [1.807, 2.05) is 19.1 Å². The molecule has 0 aromatic carbocycles. The summed E-state index contributed by atoms with van der Waals surface area (Å²) in [6.45, 7) is 12.6. The normalized spacial score (nSPS) is 7.75. The Balaban J connectivity index is 0. The van der Waals surface area contributed by atoms with Gasteiger partial charge < -0.3 is 0 Å². The van der Waals surface area contributed by atoms with Crippen LogP contribution in [0.4, 0.5) is 0 Å². The van der Waals surface area contributed by atoms with Gasteiger partial charge in [0.2, 0.25) is 0 Å². The largest absolute Gasteiger partial charge is 0.103 e. The van der Waals surface area contributed by atoms with Gasteiger partial charge in [0.05, 0.1) is 0 Å². The maximum Gasteiger partial charge on any atom is -0.0353 e. The van der Waals surface area contributed by atoms with Crippen molar-refractivity contribution in [1.29, 1.82) is 0 Å². The van der Waals surface area contributed by atoms with Crippen LogP contribution in [-0.2, 0) is 0 Å². The molecular formula is C12H22. The summed E-state index contributed by atoms with van der Waals surface area (Å²) in [6, 6.07) is 0. The molecule has 0 heterocycles. The fourth-order valence-electron chi connectivity index (χ4n) is 0.754. The van der Waals surface area contributed by atoms with Crippen LogP contribution in [0.15, 0.2) is 38.0 Å². The van der Waals surface area contributed by atoms with Crippen LogP contribution < -0.4 is 0 Å². The molecular weight excluding hydrogens is 144 g/mol. The van der Waals surface area contributed by atoms with Gasteiger partial charge in [-0.2, -0.15) is 0 Å². The van der Waals surface area contributed by atoms with E-state index in [0.717, 1.165) is 12.8 Å². The average molecular weight is 166 g/mol. The van der Waals surface area contributed by atoms with Gasteiger partial charge >= 0.3 is 0 Å². The molecule has 0 bridgehead atoms. The highest BCUT2D eigenvalue weighted by Crippen LogP contribution is 2.02. The molecule has 0 heteroatoms. The van der Waals surface area contributed by atoms with Crippen LogP contribution >= 0.6 is 0 Å². The lowest BCUT2D eigenvalue weighted by molar-refractivity contribution is 0.697. The lowest BCUT2D eigenvalue weighted by atomic mass is 10.1. The van der Waals surface area contributed by atoms with Crippen LogP contribution in [-0.4, -0.2) is 0 Å². The average Bonchev–Trinajstić information content (AvgIpc) is 2.06. The van der Waals surface area contributed by atoms with E-state index in [1.54, 1.807) is 6.08 Å². The smallest absolute Gasteiger partial charge is 0.0353 e. The summed E-state index contributed by atoms with van der Waals surface area (Å²) < 4.78 is 0. The Morgan fingerprint density at radius 1 is 0.833 bits per heavy atom. The molecule has 12 heavy (non-hydrogen) atoms. The highest BCUT2D eigenvalue weighted by Gasteiger charge is 1.82. The van der Waals surface area contributed by atoms with Gasteiger partial charge in [-0.25, -0.2) is 0 Å². The maximum absolute atomic E-state index is 3.66. The highest BCUT2D eigenvalue weighted by atomic mass is 13.9. The molecule has 0 fully saturated rings. The van der Waals surface area contributed by atoms with Crippen molar-refractivity contribution in [2.24, 2.45) is 0 Å². The van der Waals surface area contributed by atoms with E-state index >= 15 is 0 Å². The fourth-order valence-corrected chi connectivity index (χ4v) is 0.754. The summed E-state index contributed by atoms with van der Waals surface area (Å²) in [6.07, 6.45) is 11.9. The molecule has 0 nitrogen and oxygen atoms in total. The molecule has 0 aliphatic carbocycles. The quantitative estimate of drug-likeness (QED) is 0.402. The van der Waals surface area contributed by atoms with Gasteiger partial charge in [-0.3, -0.25) is 0 Å². The minimum absolute atomic E-state index is 1.16. The topological polar surface area (TPSA) is 0 Å². The maximum atomic E-state index is 3.66. The van der Waals surface area contributed by atoms with Gasteiger partial charge in [-0.15, -0.1) is 19.7 Å². The van der Waals surface area contributed by atoms with Crippen molar-refractivity contribution in [2.75, 3.05) is 0 Å². The van der Waals surface area contributed by atoms with Crippen LogP contribution in [0.5, 0.6) is 0 Å². The van der Waals surface area contributed by atoms with E-state index in [4.69, 9.17) is 0 Å². The molecule has 0 rings (SSSR count). The first-order chi connectivity index (χ1) is 5.83. The van der Waals surface area contributed by atoms with Gasteiger partial charge in [0.15, 0.2) is 0 Å². The van der Waals surface area contributed by atoms with Gasteiger partial charge in [-0.1, -0.05) is 24.6 Å². The summed E-state index contributed by atoms with van der Waals surface area (Å²) in [7, 11) is 0. The lowest BCUT2D eigenvalue weighted by Gasteiger charge is -1.92. The molecule has 0 saturated carbocycles. The monoisotopic (exact) mass is 166 g/mol. The molecule has 0 aliphatic rings. The molecule has 0 N–H and O–H groups in total. The number of allylic oxidation sites excluding steroid dienone is 3. The second kappa shape index (κ2) is 16.7. The molecule has 0 atom stereocenters. The Hall–Kier alpha value is -0.780. The first kappa shape index (κ1) is 13.8. The predicted octanol–water partition coefficient (Wildman–Crippen LogP) is 4.50. The Labute approximate surface area is 77.7 Å². The van der Waals surface area contributed by atoms with E-state index in [-0.39, 0.29) is 0 Å². The van der Waals surface area contributed by atoms with Gasteiger partial charge in [0.1, 0.15) is 0 Å². The lowest BCUT2D eigenvalue weighted by Crippen LogP contribution is -1.72. The number of rotatable bonds is 6. The van der Waals surface area contributed by atoms with Gasteiger partial charge in [0, 0.05) is 0 Å². The molecule has 70 valence electrons. The van der Waals surface area contributed by atoms with Crippen LogP contribution in [0.2, 0.25) is 0 Å². The molecule has 0 aromatic rings. The van der Waals surface area contributed by atoms with Gasteiger partial charge in [0.25, 0.3) is 0 Å². The minimum atomic E-state index is 1.16. The van der Waals surface area contributed by atoms with Crippen molar-refractivity contribution in [1.82, 2.24) is 0 Å². The summed E-state index contributed by atoms with van der Waals surface area (Å²) in [5.41, 5.74) is 0. The van der Waals surface area contributed by atoms with Crippen LogP contribution in [0.25, 0.3) is 0 Å². The number of unbranched alkanes of at least 4 members (excludes halogenated alkanes) is 4. The van der Waals surface area contributed by atoms with Gasteiger partial charge in [-0.05, 0) is 32.6 Å². The van der Waals surface area contributed by atoms with E-state index in [9.17, 15) is 0 Å². The molecule has 0 aromatic heterocycles. The Morgan fingerprint density at radius 3 is 1.42 bits per heavy atom. The van der Waals surface area contributed by atoms with Crippen LogP contribution in [0.1, 0.15) is 39.0 Å². The van der Waals surface area contributed by atoms with E-state index in [0.29, 0.717) is 0 Å². The number of hydrogen-bond acceptors (Lipinski definition) is 0.